The minimum Gasteiger partial charge on any atom is -0.508 e. The lowest BCUT2D eigenvalue weighted by Crippen LogP contribution is -2.67. The number of likely N-dealkylation sites (N-methyl/N-ethyl adjacent to an activating group) is 1. The van der Waals surface area contributed by atoms with Crippen molar-refractivity contribution in [3.8, 4) is 5.75 Å². The van der Waals surface area contributed by atoms with Crippen molar-refractivity contribution in [2.24, 2.45) is 23.2 Å². The van der Waals surface area contributed by atoms with Crippen LogP contribution in [0.2, 0.25) is 0 Å². The van der Waals surface area contributed by atoms with E-state index in [0.29, 0.717) is 35.6 Å². The van der Waals surface area contributed by atoms with Crippen molar-refractivity contribution >= 4 is 5.91 Å². The smallest absolute Gasteiger partial charge is 0.240 e. The molecule has 5 unspecified atom stereocenters. The molecule has 0 spiro atoms. The van der Waals surface area contributed by atoms with E-state index in [1.165, 1.54) is 49.8 Å². The van der Waals surface area contributed by atoms with Gasteiger partial charge in [-0.2, -0.15) is 0 Å². The summed E-state index contributed by atoms with van der Waals surface area (Å²) >= 11 is 0. The molecule has 0 radical (unpaired) electrons. The quantitative estimate of drug-likeness (QED) is 0.663. The standard InChI is InChI=1S/C31H45N3O2/c1-4-22-9-10-24(35)16-25(22)31-13-15-33(18-21-7-8-21)20(2)30(31)12-11-26-28(31)23(17-30)19-34(26)29(36)27-6-5-14-32(27)3/h9-10,16,20-21,23,26-28,35H,4-8,11-15,17-19H2,1-3H3/t20?,23-,26?,27-,28?,30?,31?/m1/s1. The number of nitrogens with zero attached hydrogens (tertiary/aromatic N) is 3. The summed E-state index contributed by atoms with van der Waals surface area (Å²) in [5, 5.41) is 10.8. The lowest BCUT2D eigenvalue weighted by Gasteiger charge is -2.63. The van der Waals surface area contributed by atoms with Gasteiger partial charge >= 0.3 is 0 Å². The van der Waals surface area contributed by atoms with Gasteiger partial charge in [0.1, 0.15) is 5.75 Å². The Morgan fingerprint density at radius 3 is 2.69 bits per heavy atom. The average Bonchev–Trinajstić information content (AvgIpc) is 3.40. The van der Waals surface area contributed by atoms with Gasteiger partial charge < -0.3 is 10.0 Å². The molecule has 7 atom stereocenters. The number of piperidine rings is 1. The van der Waals surface area contributed by atoms with Crippen molar-refractivity contribution < 1.29 is 9.90 Å². The van der Waals surface area contributed by atoms with Gasteiger partial charge in [-0.25, -0.2) is 0 Å². The molecule has 5 nitrogen and oxygen atoms in total. The monoisotopic (exact) mass is 491 g/mol. The second-order valence-corrected chi connectivity index (χ2v) is 13.4. The van der Waals surface area contributed by atoms with E-state index in [-0.39, 0.29) is 16.9 Å². The number of rotatable bonds is 5. The highest BCUT2D eigenvalue weighted by Gasteiger charge is 2.74. The highest BCUT2D eigenvalue weighted by Crippen LogP contribution is 2.74. The van der Waals surface area contributed by atoms with Gasteiger partial charge in [-0.05, 0) is 131 Å². The third-order valence-corrected chi connectivity index (χ3v) is 12.1. The van der Waals surface area contributed by atoms with E-state index >= 15 is 0 Å². The number of phenols is 1. The van der Waals surface area contributed by atoms with E-state index in [9.17, 15) is 9.90 Å². The summed E-state index contributed by atoms with van der Waals surface area (Å²) in [6, 6.07) is 7.25. The Bertz CT molecular complexity index is 1050. The topological polar surface area (TPSA) is 47.0 Å². The largest absolute Gasteiger partial charge is 0.508 e. The fraction of sp³-hybridized carbons (Fsp3) is 0.774. The predicted molar refractivity (Wildman–Crippen MR) is 142 cm³/mol. The van der Waals surface area contributed by atoms with Crippen LogP contribution in [-0.4, -0.2) is 77.1 Å². The first kappa shape index (κ1) is 23.5. The van der Waals surface area contributed by atoms with E-state index in [0.717, 1.165) is 51.2 Å². The van der Waals surface area contributed by atoms with Crippen LogP contribution in [0.4, 0.5) is 0 Å². The Kier molecular flexibility index (Phi) is 5.36. The van der Waals surface area contributed by atoms with Crippen LogP contribution in [-0.2, 0) is 16.6 Å². The zero-order chi connectivity index (χ0) is 24.8. The Labute approximate surface area is 217 Å². The second kappa shape index (κ2) is 8.20. The normalized spacial score (nSPS) is 42.2. The maximum atomic E-state index is 13.9. The number of carbonyl (C=O) groups excluding carboxylic acids is 1. The molecule has 3 heterocycles. The highest BCUT2D eigenvalue weighted by molar-refractivity contribution is 5.83. The van der Waals surface area contributed by atoms with E-state index in [1.54, 1.807) is 0 Å². The van der Waals surface area contributed by atoms with Crippen LogP contribution in [0.25, 0.3) is 0 Å². The molecule has 7 rings (SSSR count). The van der Waals surface area contributed by atoms with Crippen molar-refractivity contribution in [1.29, 1.82) is 0 Å². The lowest BCUT2D eigenvalue weighted by atomic mass is 9.46. The minimum absolute atomic E-state index is 0.0702. The Balaban J connectivity index is 1.33. The van der Waals surface area contributed by atoms with Gasteiger partial charge in [0.25, 0.3) is 0 Å². The van der Waals surface area contributed by atoms with Crippen LogP contribution in [0.3, 0.4) is 0 Å². The predicted octanol–water partition coefficient (Wildman–Crippen LogP) is 4.42. The van der Waals surface area contributed by atoms with E-state index < -0.39 is 0 Å². The molecule has 3 aliphatic heterocycles. The third kappa shape index (κ3) is 3.05. The van der Waals surface area contributed by atoms with E-state index in [1.807, 2.05) is 6.07 Å². The zero-order valence-electron chi connectivity index (χ0n) is 22.6. The van der Waals surface area contributed by atoms with Gasteiger partial charge in [0.05, 0.1) is 6.04 Å². The molecule has 1 amide bonds. The molecule has 1 aromatic rings. The van der Waals surface area contributed by atoms with E-state index in [2.05, 4.69) is 47.7 Å². The molecule has 0 aromatic heterocycles. The first-order valence-corrected chi connectivity index (χ1v) is 15.0. The Morgan fingerprint density at radius 1 is 1.14 bits per heavy atom. The number of aromatic hydroxyl groups is 1. The number of phenolic OH excluding ortho intramolecular Hbond substituents is 1. The molecule has 5 heteroatoms. The van der Waals surface area contributed by atoms with Gasteiger partial charge in [0.15, 0.2) is 0 Å². The molecule has 36 heavy (non-hydrogen) atoms. The van der Waals surface area contributed by atoms with Crippen molar-refractivity contribution in [1.82, 2.24) is 14.7 Å². The van der Waals surface area contributed by atoms with Gasteiger partial charge in [0.2, 0.25) is 5.91 Å². The number of carbonyl (C=O) groups is 1. The molecule has 3 aliphatic carbocycles. The van der Waals surface area contributed by atoms with Crippen molar-refractivity contribution in [2.45, 2.75) is 95.2 Å². The number of hydrogen-bond acceptors (Lipinski definition) is 4. The van der Waals surface area contributed by atoms with Gasteiger partial charge in [0, 0.05) is 30.6 Å². The van der Waals surface area contributed by atoms with Crippen LogP contribution in [0.15, 0.2) is 18.2 Å². The summed E-state index contributed by atoms with van der Waals surface area (Å²) < 4.78 is 0. The summed E-state index contributed by atoms with van der Waals surface area (Å²) in [5.41, 5.74) is 3.18. The van der Waals surface area contributed by atoms with Crippen LogP contribution < -0.4 is 0 Å². The summed E-state index contributed by atoms with van der Waals surface area (Å²) in [6.07, 6.45) is 10.8. The summed E-state index contributed by atoms with van der Waals surface area (Å²) in [6.45, 7) is 9.26. The SMILES string of the molecule is CCc1ccc(O)cc1C12CCN(CC3CC3)C(C)C13CCC1C2[C@@H](CN1C(=O)[C@H]1CCCN1C)C3. The van der Waals surface area contributed by atoms with Crippen molar-refractivity contribution in [3.63, 3.8) is 0 Å². The molecule has 3 saturated carbocycles. The summed E-state index contributed by atoms with van der Waals surface area (Å²) in [4.78, 5) is 21.4. The fourth-order valence-electron chi connectivity index (χ4n) is 10.4. The molecular formula is C31H45N3O2. The molecule has 2 bridgehead atoms. The lowest BCUT2D eigenvalue weighted by molar-refractivity contribution is -0.142. The maximum Gasteiger partial charge on any atom is 0.240 e. The number of likely N-dealkylation sites (tertiary alicyclic amines) is 3. The van der Waals surface area contributed by atoms with E-state index in [4.69, 9.17) is 0 Å². The van der Waals surface area contributed by atoms with Crippen LogP contribution in [0.1, 0.15) is 76.3 Å². The van der Waals surface area contributed by atoms with Crippen molar-refractivity contribution in [2.75, 3.05) is 33.2 Å². The van der Waals surface area contributed by atoms with Crippen LogP contribution >= 0.6 is 0 Å². The fourth-order valence-corrected chi connectivity index (χ4v) is 10.4. The Morgan fingerprint density at radius 2 is 1.97 bits per heavy atom. The number of benzene rings is 1. The van der Waals surface area contributed by atoms with Crippen LogP contribution in [0.5, 0.6) is 5.75 Å². The molecule has 196 valence electrons. The first-order chi connectivity index (χ1) is 17.4. The Hall–Kier alpha value is -1.59. The minimum atomic E-state index is 0.0702. The number of aryl methyl sites for hydroxylation is 1. The van der Waals surface area contributed by atoms with Gasteiger partial charge in [-0.15, -0.1) is 0 Å². The molecule has 6 aliphatic rings. The number of hydrogen-bond donors (Lipinski definition) is 1. The average molecular weight is 492 g/mol. The van der Waals surface area contributed by atoms with Crippen molar-refractivity contribution in [3.05, 3.63) is 29.3 Å². The summed E-state index contributed by atoms with van der Waals surface area (Å²) in [7, 11) is 2.14. The zero-order valence-corrected chi connectivity index (χ0v) is 22.6. The maximum absolute atomic E-state index is 13.9. The molecule has 1 aromatic carbocycles. The molecule has 1 N–H and O–H groups in total. The second-order valence-electron chi connectivity index (χ2n) is 13.4. The highest BCUT2D eigenvalue weighted by atomic mass is 16.3. The van der Waals surface area contributed by atoms with Crippen LogP contribution in [0, 0.1) is 23.2 Å². The molecular weight excluding hydrogens is 446 g/mol. The third-order valence-electron chi connectivity index (χ3n) is 12.1. The summed E-state index contributed by atoms with van der Waals surface area (Å²) in [5.74, 6) is 2.85. The first-order valence-electron chi connectivity index (χ1n) is 15.0. The molecule has 6 fully saturated rings. The number of amides is 1. The van der Waals surface area contributed by atoms with Gasteiger partial charge in [-0.1, -0.05) is 13.0 Å². The molecule has 3 saturated heterocycles. The van der Waals surface area contributed by atoms with Gasteiger partial charge in [-0.3, -0.25) is 14.6 Å².